The molecule has 0 unspecified atom stereocenters. The molecule has 0 nitrogen and oxygen atoms in total. The number of benzene rings is 7. The minimum atomic E-state index is 1.27. The Morgan fingerprint density at radius 2 is 1.03 bits per heavy atom. The number of hydrogen-bond donors (Lipinski definition) is 0. The Morgan fingerprint density at radius 3 is 1.76 bits per heavy atom. The normalized spacial score (nSPS) is 12.1. The molecule has 7 aromatic rings. The SMILES string of the molecule is Ic1cc2ccc3cc(I)cc4c(-c5cc(I)c6cc7ccccc7cc6c5I)cc(c1)c2c34. The lowest BCUT2D eigenvalue weighted by atomic mass is 9.88. The maximum atomic E-state index is 2.57. The summed E-state index contributed by atoms with van der Waals surface area (Å²) in [5.41, 5.74) is 2.64. The molecule has 4 heteroatoms. The van der Waals surface area contributed by atoms with Gasteiger partial charge in [-0.25, -0.2) is 0 Å². The van der Waals surface area contributed by atoms with Gasteiger partial charge < -0.3 is 0 Å². The van der Waals surface area contributed by atoms with Crippen molar-refractivity contribution in [2.75, 3.05) is 0 Å². The maximum absolute atomic E-state index is 2.57. The fraction of sp³-hybridized carbons (Fsp3) is 0. The molecule has 0 aliphatic carbocycles. The molecule has 0 saturated heterocycles. The van der Waals surface area contributed by atoms with Gasteiger partial charge >= 0.3 is 0 Å². The maximum Gasteiger partial charge on any atom is 0.0288 e. The first-order valence-corrected chi connectivity index (χ1v) is 15.2. The summed E-state index contributed by atoms with van der Waals surface area (Å²) in [5, 5.41) is 13.3. The summed E-state index contributed by atoms with van der Waals surface area (Å²) in [5.74, 6) is 0. The highest BCUT2D eigenvalue weighted by Gasteiger charge is 2.18. The molecular formula is C30H14I4. The molecule has 0 atom stereocenters. The van der Waals surface area contributed by atoms with Crippen LogP contribution < -0.4 is 0 Å². The summed E-state index contributed by atoms with van der Waals surface area (Å²) in [7, 11) is 0. The zero-order valence-corrected chi connectivity index (χ0v) is 26.2. The van der Waals surface area contributed by atoms with E-state index >= 15 is 0 Å². The van der Waals surface area contributed by atoms with Crippen LogP contribution in [0.4, 0.5) is 0 Å². The van der Waals surface area contributed by atoms with E-state index in [0.29, 0.717) is 0 Å². The van der Waals surface area contributed by atoms with Crippen LogP contribution in [-0.2, 0) is 0 Å². The molecule has 0 fully saturated rings. The Labute approximate surface area is 251 Å². The monoisotopic (exact) mass is 882 g/mol. The molecule has 0 saturated carbocycles. The largest absolute Gasteiger partial charge is 0.0616 e. The van der Waals surface area contributed by atoms with Crippen molar-refractivity contribution in [2.24, 2.45) is 0 Å². The van der Waals surface area contributed by atoms with Gasteiger partial charge in [0, 0.05) is 14.3 Å². The predicted molar refractivity (Wildman–Crippen MR) is 181 cm³/mol. The van der Waals surface area contributed by atoms with Gasteiger partial charge in [-0.1, -0.05) is 36.4 Å². The van der Waals surface area contributed by atoms with Gasteiger partial charge in [0.1, 0.15) is 0 Å². The van der Waals surface area contributed by atoms with E-state index in [0.717, 1.165) is 0 Å². The molecular weight excluding hydrogens is 868 g/mol. The summed E-state index contributed by atoms with van der Waals surface area (Å²) < 4.78 is 5.16. The second-order valence-electron chi connectivity index (χ2n) is 8.73. The molecule has 0 radical (unpaired) electrons. The highest BCUT2D eigenvalue weighted by atomic mass is 127. The zero-order valence-electron chi connectivity index (χ0n) is 17.6. The van der Waals surface area contributed by atoms with Crippen molar-refractivity contribution < 1.29 is 0 Å². The molecule has 162 valence electrons. The molecule has 0 aromatic heterocycles. The summed E-state index contributed by atoms with van der Waals surface area (Å²) in [6.45, 7) is 0. The van der Waals surface area contributed by atoms with Crippen molar-refractivity contribution >= 4 is 144 Å². The van der Waals surface area contributed by atoms with E-state index in [9.17, 15) is 0 Å². The molecule has 0 bridgehead atoms. The van der Waals surface area contributed by atoms with Crippen LogP contribution in [0, 0.1) is 14.3 Å². The van der Waals surface area contributed by atoms with Crippen LogP contribution in [0.15, 0.2) is 84.9 Å². The lowest BCUT2D eigenvalue weighted by molar-refractivity contribution is 1.64. The first-order chi connectivity index (χ1) is 16.5. The van der Waals surface area contributed by atoms with E-state index in [1.165, 1.54) is 79.3 Å². The quantitative estimate of drug-likeness (QED) is 0.0876. The van der Waals surface area contributed by atoms with Gasteiger partial charge in [-0.05, 0) is 204 Å². The Hall–Kier alpha value is -0.980. The Morgan fingerprint density at radius 1 is 0.412 bits per heavy atom. The Kier molecular flexibility index (Phi) is 5.41. The van der Waals surface area contributed by atoms with Crippen LogP contribution >= 0.6 is 90.4 Å². The molecule has 7 aromatic carbocycles. The van der Waals surface area contributed by atoms with Crippen LogP contribution in [0.5, 0.6) is 0 Å². The molecule has 0 amide bonds. The van der Waals surface area contributed by atoms with Gasteiger partial charge in [0.25, 0.3) is 0 Å². The lowest BCUT2D eigenvalue weighted by Gasteiger charge is -2.18. The van der Waals surface area contributed by atoms with Crippen LogP contribution in [0.3, 0.4) is 0 Å². The van der Waals surface area contributed by atoms with Crippen LogP contribution in [0.1, 0.15) is 0 Å². The highest BCUT2D eigenvalue weighted by Crippen LogP contribution is 2.44. The molecule has 34 heavy (non-hydrogen) atoms. The van der Waals surface area contributed by atoms with E-state index in [2.05, 4.69) is 175 Å². The summed E-state index contributed by atoms with van der Waals surface area (Å²) in [6, 6.07) is 32.0. The molecule has 0 spiro atoms. The van der Waals surface area contributed by atoms with E-state index in [1.807, 2.05) is 0 Å². The van der Waals surface area contributed by atoms with Crippen LogP contribution in [0.2, 0.25) is 0 Å². The summed E-state index contributed by atoms with van der Waals surface area (Å²) in [4.78, 5) is 0. The number of fused-ring (bicyclic) bond motifs is 2. The third-order valence-electron chi connectivity index (χ3n) is 6.76. The molecule has 0 aliphatic heterocycles. The summed E-state index contributed by atoms with van der Waals surface area (Å²) in [6.07, 6.45) is 0. The van der Waals surface area contributed by atoms with Crippen molar-refractivity contribution in [3.05, 3.63) is 99.2 Å². The minimum absolute atomic E-state index is 1.27. The standard InChI is InChI=1S/C30H14I4/c31-20-7-17-5-6-18-8-21(32)13-24-22(12-19(9-20)28(17)29(18)24)26-14-27(33)23-10-15-3-1-2-4-16(15)11-25(23)30(26)34/h1-14H. The average Bonchev–Trinajstić information content (AvgIpc) is 2.83. The third kappa shape index (κ3) is 3.37. The molecule has 0 aliphatic rings. The van der Waals surface area contributed by atoms with Crippen molar-refractivity contribution in [3.63, 3.8) is 0 Å². The number of halogens is 4. The Bertz CT molecular complexity index is 1950. The van der Waals surface area contributed by atoms with Gasteiger partial charge in [0.2, 0.25) is 0 Å². The van der Waals surface area contributed by atoms with Crippen molar-refractivity contribution in [1.82, 2.24) is 0 Å². The number of hydrogen-bond acceptors (Lipinski definition) is 0. The van der Waals surface area contributed by atoms with Crippen LogP contribution in [0.25, 0.3) is 65.0 Å². The lowest BCUT2D eigenvalue weighted by Crippen LogP contribution is -1.94. The smallest absolute Gasteiger partial charge is 0.0288 e. The minimum Gasteiger partial charge on any atom is -0.0616 e. The van der Waals surface area contributed by atoms with E-state index in [4.69, 9.17) is 0 Å². The molecule has 7 rings (SSSR count). The Balaban J connectivity index is 1.66. The van der Waals surface area contributed by atoms with Gasteiger partial charge in [-0.3, -0.25) is 0 Å². The fourth-order valence-corrected chi connectivity index (χ4v) is 8.27. The van der Waals surface area contributed by atoms with Crippen LogP contribution in [-0.4, -0.2) is 0 Å². The third-order valence-corrected chi connectivity index (χ3v) is 10.1. The average molecular weight is 882 g/mol. The second-order valence-corrected chi connectivity index (χ2v) is 13.5. The molecule has 0 heterocycles. The second kappa shape index (κ2) is 8.27. The predicted octanol–water partition coefficient (Wildman–Crippen LogP) is 11.0. The van der Waals surface area contributed by atoms with Crippen molar-refractivity contribution in [1.29, 1.82) is 0 Å². The van der Waals surface area contributed by atoms with E-state index < -0.39 is 0 Å². The highest BCUT2D eigenvalue weighted by molar-refractivity contribution is 14.1. The van der Waals surface area contributed by atoms with E-state index in [1.54, 1.807) is 0 Å². The van der Waals surface area contributed by atoms with E-state index in [-0.39, 0.29) is 0 Å². The van der Waals surface area contributed by atoms with Crippen molar-refractivity contribution in [2.45, 2.75) is 0 Å². The topological polar surface area (TPSA) is 0 Å². The van der Waals surface area contributed by atoms with Crippen molar-refractivity contribution in [3.8, 4) is 11.1 Å². The van der Waals surface area contributed by atoms with Gasteiger partial charge in [0.15, 0.2) is 0 Å². The number of rotatable bonds is 1. The van der Waals surface area contributed by atoms with Gasteiger partial charge in [0.05, 0.1) is 0 Å². The fourth-order valence-electron chi connectivity index (χ4n) is 5.30. The first-order valence-electron chi connectivity index (χ1n) is 10.9. The van der Waals surface area contributed by atoms with Gasteiger partial charge in [-0.2, -0.15) is 0 Å². The van der Waals surface area contributed by atoms with Gasteiger partial charge in [-0.15, -0.1) is 0 Å². The zero-order chi connectivity index (χ0) is 23.1. The first kappa shape index (κ1) is 22.2. The molecule has 0 N–H and O–H groups in total. The summed E-state index contributed by atoms with van der Waals surface area (Å²) >= 11 is 10.0.